The van der Waals surface area contributed by atoms with Crippen LogP contribution in [0.4, 0.5) is 0 Å². The Morgan fingerprint density at radius 2 is 1.88 bits per heavy atom. The van der Waals surface area contributed by atoms with Gasteiger partial charge in [-0.05, 0) is 6.42 Å². The third-order valence-electron chi connectivity index (χ3n) is 2.06. The summed E-state index contributed by atoms with van der Waals surface area (Å²) in [6, 6.07) is 0. The zero-order valence-electron chi connectivity index (χ0n) is 10.1. The van der Waals surface area contributed by atoms with Crippen molar-refractivity contribution in [1.82, 2.24) is 9.03 Å². The highest BCUT2D eigenvalue weighted by Crippen LogP contribution is 1.96. The van der Waals surface area contributed by atoms with E-state index in [1.807, 2.05) is 13.8 Å². The highest BCUT2D eigenvalue weighted by molar-refractivity contribution is 7.87. The second kappa shape index (κ2) is 8.89. The topological polar surface area (TPSA) is 84.7 Å². The maximum absolute atomic E-state index is 11.6. The third kappa shape index (κ3) is 6.39. The van der Waals surface area contributed by atoms with Gasteiger partial charge in [-0.1, -0.05) is 13.8 Å². The number of ether oxygens (including phenoxy) is 1. The van der Waals surface area contributed by atoms with Crippen LogP contribution in [-0.4, -0.2) is 52.1 Å². The molecule has 0 heterocycles. The maximum Gasteiger partial charge on any atom is 0.279 e. The molecule has 16 heavy (non-hydrogen) atoms. The first-order valence-electron chi connectivity index (χ1n) is 5.61. The molecule has 0 aromatic carbocycles. The monoisotopic (exact) mass is 253 g/mol. The fraction of sp³-hybridized carbons (Fsp3) is 1.00. The van der Waals surface area contributed by atoms with Gasteiger partial charge >= 0.3 is 0 Å². The molecule has 0 unspecified atom stereocenters. The van der Waals surface area contributed by atoms with Gasteiger partial charge in [-0.2, -0.15) is 12.7 Å². The smallest absolute Gasteiger partial charge is 0.279 e. The Morgan fingerprint density at radius 3 is 2.38 bits per heavy atom. The van der Waals surface area contributed by atoms with Gasteiger partial charge in [0, 0.05) is 32.8 Å². The molecule has 0 aliphatic heterocycles. The Bertz CT molecular complexity index is 253. The average molecular weight is 253 g/mol. The summed E-state index contributed by atoms with van der Waals surface area (Å²) < 4.78 is 32.3. The Morgan fingerprint density at radius 1 is 1.25 bits per heavy atom. The summed E-state index contributed by atoms with van der Waals surface area (Å²) in [7, 11) is -3.31. The van der Waals surface area contributed by atoms with E-state index in [2.05, 4.69) is 4.72 Å². The molecule has 0 saturated carbocycles. The molecule has 0 saturated heterocycles. The summed E-state index contributed by atoms with van der Waals surface area (Å²) in [4.78, 5) is 0. The Labute approximate surface area is 98.3 Å². The van der Waals surface area contributed by atoms with Crippen molar-refractivity contribution in [2.75, 3.05) is 39.4 Å². The van der Waals surface area contributed by atoms with Gasteiger partial charge in [0.05, 0.1) is 6.61 Å². The molecule has 0 aromatic heterocycles. The fourth-order valence-corrected chi connectivity index (χ4v) is 2.48. The second-order valence-electron chi connectivity index (χ2n) is 3.24. The van der Waals surface area contributed by atoms with Crippen LogP contribution >= 0.6 is 0 Å². The Balaban J connectivity index is 3.74. The highest BCUT2D eigenvalue weighted by atomic mass is 32.2. The van der Waals surface area contributed by atoms with E-state index in [4.69, 9.17) is 10.5 Å². The predicted octanol–water partition coefficient (Wildman–Crippen LogP) is -0.472. The molecule has 0 radical (unpaired) electrons. The first kappa shape index (κ1) is 15.8. The third-order valence-corrected chi connectivity index (χ3v) is 3.82. The van der Waals surface area contributed by atoms with E-state index in [0.717, 1.165) is 0 Å². The SMILES string of the molecule is CCN(CC)S(=O)(=O)NCCCOCCN. The molecule has 3 N–H and O–H groups in total. The van der Waals surface area contributed by atoms with E-state index < -0.39 is 10.2 Å². The molecule has 0 fully saturated rings. The minimum Gasteiger partial charge on any atom is -0.380 e. The van der Waals surface area contributed by atoms with Crippen LogP contribution in [0, 0.1) is 0 Å². The first-order valence-corrected chi connectivity index (χ1v) is 7.05. The molecule has 7 heteroatoms. The zero-order chi connectivity index (χ0) is 12.4. The van der Waals surface area contributed by atoms with E-state index in [-0.39, 0.29) is 0 Å². The molecule has 0 aliphatic carbocycles. The van der Waals surface area contributed by atoms with Gasteiger partial charge in [0.2, 0.25) is 0 Å². The first-order chi connectivity index (χ1) is 7.58. The quantitative estimate of drug-likeness (QED) is 0.515. The van der Waals surface area contributed by atoms with E-state index >= 15 is 0 Å². The molecular weight excluding hydrogens is 230 g/mol. The number of hydrogen-bond donors (Lipinski definition) is 2. The average Bonchev–Trinajstić information content (AvgIpc) is 2.24. The molecule has 0 aliphatic rings. The molecule has 0 rings (SSSR count). The van der Waals surface area contributed by atoms with Crippen LogP contribution in [0.25, 0.3) is 0 Å². The van der Waals surface area contributed by atoms with Crippen molar-refractivity contribution in [3.63, 3.8) is 0 Å². The van der Waals surface area contributed by atoms with Gasteiger partial charge < -0.3 is 10.5 Å². The maximum atomic E-state index is 11.6. The van der Waals surface area contributed by atoms with Crippen molar-refractivity contribution >= 4 is 10.2 Å². The van der Waals surface area contributed by atoms with Gasteiger partial charge in [0.15, 0.2) is 0 Å². The van der Waals surface area contributed by atoms with Crippen molar-refractivity contribution in [2.45, 2.75) is 20.3 Å². The molecule has 0 aromatic rings. The van der Waals surface area contributed by atoms with Crippen molar-refractivity contribution < 1.29 is 13.2 Å². The molecule has 6 nitrogen and oxygen atoms in total. The van der Waals surface area contributed by atoms with Gasteiger partial charge in [-0.15, -0.1) is 0 Å². The molecule has 0 spiro atoms. The Kier molecular flexibility index (Phi) is 8.77. The van der Waals surface area contributed by atoms with Crippen LogP contribution < -0.4 is 10.5 Å². The number of nitrogens with zero attached hydrogens (tertiary/aromatic N) is 1. The Hall–Kier alpha value is -0.210. The molecule has 0 bridgehead atoms. The van der Waals surface area contributed by atoms with Gasteiger partial charge in [-0.3, -0.25) is 0 Å². The lowest BCUT2D eigenvalue weighted by atomic mass is 10.5. The predicted molar refractivity (Wildman–Crippen MR) is 64.3 cm³/mol. The molecule has 0 atom stereocenters. The zero-order valence-corrected chi connectivity index (χ0v) is 10.9. The largest absolute Gasteiger partial charge is 0.380 e. The lowest BCUT2D eigenvalue weighted by Gasteiger charge is -2.18. The summed E-state index contributed by atoms with van der Waals surface area (Å²) in [6.07, 6.45) is 0.653. The molecular formula is C9H23N3O3S. The van der Waals surface area contributed by atoms with E-state index in [0.29, 0.717) is 45.8 Å². The standard InChI is InChI=1S/C9H23N3O3S/c1-3-12(4-2)16(13,14)11-7-5-8-15-9-6-10/h11H,3-10H2,1-2H3. The van der Waals surface area contributed by atoms with Crippen molar-refractivity contribution in [3.05, 3.63) is 0 Å². The van der Waals surface area contributed by atoms with Crippen LogP contribution in [0.5, 0.6) is 0 Å². The minimum absolute atomic E-state index is 0.392. The minimum atomic E-state index is -3.31. The normalized spacial score (nSPS) is 12.2. The number of nitrogens with two attached hydrogens (primary N) is 1. The van der Waals surface area contributed by atoms with E-state index in [1.165, 1.54) is 4.31 Å². The molecule has 98 valence electrons. The number of hydrogen-bond acceptors (Lipinski definition) is 4. The van der Waals surface area contributed by atoms with Crippen molar-refractivity contribution in [1.29, 1.82) is 0 Å². The van der Waals surface area contributed by atoms with Crippen LogP contribution in [0.3, 0.4) is 0 Å². The van der Waals surface area contributed by atoms with Crippen LogP contribution in [0.15, 0.2) is 0 Å². The molecule has 0 amide bonds. The lowest BCUT2D eigenvalue weighted by molar-refractivity contribution is 0.140. The van der Waals surface area contributed by atoms with Crippen molar-refractivity contribution in [3.8, 4) is 0 Å². The highest BCUT2D eigenvalue weighted by Gasteiger charge is 2.16. The van der Waals surface area contributed by atoms with E-state index in [1.54, 1.807) is 0 Å². The summed E-state index contributed by atoms with van der Waals surface area (Å²) in [5.74, 6) is 0. The number of rotatable bonds is 10. The summed E-state index contributed by atoms with van der Waals surface area (Å²) in [5, 5.41) is 0. The van der Waals surface area contributed by atoms with Crippen molar-refractivity contribution in [2.24, 2.45) is 5.73 Å². The summed E-state index contributed by atoms with van der Waals surface area (Å²) in [5.41, 5.74) is 5.25. The number of nitrogens with one attached hydrogen (secondary N) is 1. The van der Waals surface area contributed by atoms with Gasteiger partial charge in [0.1, 0.15) is 0 Å². The van der Waals surface area contributed by atoms with E-state index in [9.17, 15) is 8.42 Å². The second-order valence-corrected chi connectivity index (χ2v) is 4.99. The van der Waals surface area contributed by atoms with Gasteiger partial charge in [-0.25, -0.2) is 4.72 Å². The van der Waals surface area contributed by atoms with Gasteiger partial charge in [0.25, 0.3) is 10.2 Å². The van der Waals surface area contributed by atoms with Crippen LogP contribution in [0.1, 0.15) is 20.3 Å². The summed E-state index contributed by atoms with van der Waals surface area (Å²) in [6.45, 7) is 6.51. The lowest BCUT2D eigenvalue weighted by Crippen LogP contribution is -2.41. The van der Waals surface area contributed by atoms with Crippen LogP contribution in [-0.2, 0) is 14.9 Å². The fourth-order valence-electron chi connectivity index (χ4n) is 1.22. The van der Waals surface area contributed by atoms with Crippen LogP contribution in [0.2, 0.25) is 0 Å². The summed E-state index contributed by atoms with van der Waals surface area (Å²) >= 11 is 0.